The van der Waals surface area contributed by atoms with Crippen LogP contribution in [0.1, 0.15) is 84.8 Å². The second-order valence-electron chi connectivity index (χ2n) is 24.8. The SMILES string of the molecule is CC(C)C[C@H](NC(=O)CNC(=O)[C@H](CO)NC(=O)[C@H](Cc1c[nH]c2ccccc12)NC(=O)CNC(=O)[C@H](Cc1ccccc1)NC(=O)CNC(=O)CNC(=O)[C@H](CC(C)C)NC(=O)CNC(=O)[C@H](CC(C)C)NC(=O)[C@@H](N)CO)C(=O)NCC(=O)N[C@@H](CCCN=C(N)N)C(=O)NCC(=O)O. The van der Waals surface area contributed by atoms with Gasteiger partial charge >= 0.3 is 5.97 Å². The van der Waals surface area contributed by atoms with Crippen molar-refractivity contribution in [1.29, 1.82) is 0 Å². The van der Waals surface area contributed by atoms with Crippen LogP contribution in [0.5, 0.6) is 0 Å². The Bertz CT molecular complexity index is 3360. The molecular weight excluding hydrogens is 1320 g/mol. The van der Waals surface area contributed by atoms with Crippen LogP contribution in [0, 0.1) is 17.8 Å². The van der Waals surface area contributed by atoms with Crippen molar-refractivity contribution in [2.75, 3.05) is 65.6 Å². The number of rotatable bonds is 45. The van der Waals surface area contributed by atoms with E-state index >= 15 is 0 Å². The summed E-state index contributed by atoms with van der Waals surface area (Å²) in [7, 11) is 0. The third-order valence-corrected chi connectivity index (χ3v) is 14.7. The summed E-state index contributed by atoms with van der Waals surface area (Å²) in [4.78, 5) is 203. The molecule has 1 aromatic heterocycles. The van der Waals surface area contributed by atoms with Gasteiger partial charge < -0.3 is 112 Å². The number of aliphatic hydroxyl groups is 2. The highest BCUT2D eigenvalue weighted by Crippen LogP contribution is 2.20. The fourth-order valence-electron chi connectivity index (χ4n) is 9.71. The first kappa shape index (κ1) is 84.4. The summed E-state index contributed by atoms with van der Waals surface area (Å²) in [5.41, 5.74) is 18.0. The Kier molecular flexibility index (Phi) is 37.0. The molecule has 3 rings (SSSR count). The number of fused-ring (bicyclic) bond motifs is 1. The van der Waals surface area contributed by atoms with E-state index in [0.29, 0.717) is 22.0 Å². The van der Waals surface area contributed by atoms with Gasteiger partial charge in [-0.2, -0.15) is 0 Å². The molecule has 0 spiro atoms. The van der Waals surface area contributed by atoms with E-state index < -0.39 is 196 Å². The second kappa shape index (κ2) is 44.3. The molecular formula is C64H97N19O18. The van der Waals surface area contributed by atoms with Crippen molar-refractivity contribution < 1.29 is 87.2 Å². The van der Waals surface area contributed by atoms with E-state index in [1.165, 1.54) is 0 Å². The molecule has 0 radical (unpaired) electrons. The van der Waals surface area contributed by atoms with Gasteiger partial charge in [0.2, 0.25) is 82.7 Å². The fraction of sp³-hybridized carbons (Fsp3) is 0.531. The van der Waals surface area contributed by atoms with Gasteiger partial charge in [-0.3, -0.25) is 76.9 Å². The number of nitrogens with zero attached hydrogens (tertiary/aromatic N) is 1. The van der Waals surface area contributed by atoms with Gasteiger partial charge in [-0.25, -0.2) is 0 Å². The average molecular weight is 1420 g/mol. The molecule has 0 unspecified atom stereocenters. The molecule has 0 aliphatic carbocycles. The number of aromatic amines is 1. The number of carboxylic acid groups (broad SMARTS) is 1. The van der Waals surface area contributed by atoms with E-state index in [1.54, 1.807) is 102 Å². The van der Waals surface area contributed by atoms with Crippen molar-refractivity contribution in [1.82, 2.24) is 79.4 Å². The van der Waals surface area contributed by atoms with Crippen LogP contribution in [0.2, 0.25) is 0 Å². The molecule has 37 nitrogen and oxygen atoms in total. The zero-order valence-corrected chi connectivity index (χ0v) is 57.3. The van der Waals surface area contributed by atoms with Crippen LogP contribution in [-0.2, 0) is 84.8 Å². The fourth-order valence-corrected chi connectivity index (χ4v) is 9.71. The molecule has 0 fully saturated rings. The minimum Gasteiger partial charge on any atom is -0.480 e. The topological polar surface area (TPSA) is 591 Å². The maximum atomic E-state index is 14.1. The number of hydrogen-bond donors (Lipinski definition) is 21. The molecule has 0 aliphatic rings. The number of amides is 14. The van der Waals surface area contributed by atoms with Crippen LogP contribution in [0.15, 0.2) is 65.8 Å². The van der Waals surface area contributed by atoms with Gasteiger partial charge in [0.25, 0.3) is 0 Å². The highest BCUT2D eigenvalue weighted by molar-refractivity contribution is 5.99. The summed E-state index contributed by atoms with van der Waals surface area (Å²) in [6.07, 6.45) is 1.76. The lowest BCUT2D eigenvalue weighted by molar-refractivity contribution is -0.138. The summed E-state index contributed by atoms with van der Waals surface area (Å²) >= 11 is 0. The molecule has 0 aliphatic heterocycles. The number of H-pyrrole nitrogens is 1. The van der Waals surface area contributed by atoms with Crippen molar-refractivity contribution in [3.63, 3.8) is 0 Å². The van der Waals surface area contributed by atoms with Crippen LogP contribution < -0.4 is 91.6 Å². The van der Waals surface area contributed by atoms with E-state index in [9.17, 15) is 82.1 Å². The van der Waals surface area contributed by atoms with Crippen LogP contribution in [0.3, 0.4) is 0 Å². The normalized spacial score (nSPS) is 13.3. The highest BCUT2D eigenvalue weighted by Gasteiger charge is 2.32. The van der Waals surface area contributed by atoms with Crippen molar-refractivity contribution >= 4 is 106 Å². The van der Waals surface area contributed by atoms with E-state index in [-0.39, 0.29) is 75.2 Å². The molecule has 0 saturated heterocycles. The van der Waals surface area contributed by atoms with Gasteiger partial charge in [0, 0.05) is 36.5 Å². The van der Waals surface area contributed by atoms with Crippen LogP contribution in [0.25, 0.3) is 10.9 Å². The van der Waals surface area contributed by atoms with Crippen LogP contribution >= 0.6 is 0 Å². The monoisotopic (exact) mass is 1420 g/mol. The summed E-state index contributed by atoms with van der Waals surface area (Å²) in [6, 6.07) is 4.74. The number of hydrogen-bond acceptors (Lipinski definition) is 19. The smallest absolute Gasteiger partial charge is 0.322 e. The van der Waals surface area contributed by atoms with Gasteiger partial charge in [-0.1, -0.05) is 90.1 Å². The van der Waals surface area contributed by atoms with Crippen molar-refractivity contribution in [3.05, 3.63) is 71.9 Å². The summed E-state index contributed by atoms with van der Waals surface area (Å²) < 4.78 is 0. The number of aromatic nitrogens is 1. The Hall–Kier alpha value is -10.8. The predicted octanol–water partition coefficient (Wildman–Crippen LogP) is -7.25. The Morgan fingerprint density at radius 2 is 0.812 bits per heavy atom. The summed E-state index contributed by atoms with van der Waals surface area (Å²) in [5, 5.41) is 63.0. The van der Waals surface area contributed by atoms with Gasteiger partial charge in [-0.05, 0) is 67.1 Å². The van der Waals surface area contributed by atoms with Gasteiger partial charge in [0.05, 0.1) is 52.5 Å². The Morgan fingerprint density at radius 3 is 1.28 bits per heavy atom. The number of carbonyl (C=O) groups excluding carboxylic acids is 14. The molecule has 24 N–H and O–H groups in total. The highest BCUT2D eigenvalue weighted by atomic mass is 16.4. The lowest BCUT2D eigenvalue weighted by Crippen LogP contribution is -2.58. The lowest BCUT2D eigenvalue weighted by Gasteiger charge is -2.23. The second-order valence-corrected chi connectivity index (χ2v) is 24.8. The standard InChI is InChI=1S/C64H97N19O18/c1-34(2)19-43(78-52(89)28-73-60(98)45(21-36(5)6)82-56(94)40(65)32-84)58(96)71-25-49(86)70-26-50(87)80-46(22-37-13-8-7-9-14-37)61(99)74-29-54(91)81-47(23-38-24-69-41-16-11-10-15-39(38)41)63(101)83-48(33-85)62(100)75-30-53(90)79-44(20-35(3)4)59(97)72-27-51(88)77-42(17-12-18-68-64(66)67)57(95)76-31-55(92)93/h7-11,13-16,24,34-36,40,42-48,69,84-85H,12,17-23,25-33,65H2,1-6H3,(H,70,86)(H,71,96)(H,72,97)(H,73,98)(H,74,99)(H,75,100)(H,76,95)(H,77,88)(H,78,89)(H,79,90)(H,80,87)(H,81,91)(H,82,94)(H,83,101)(H,92,93)(H4,66,67,68)/t40-,42-,43-,44-,45-,46-,47-,48-/m0/s1. The quantitative estimate of drug-likeness (QED) is 0.0142. The van der Waals surface area contributed by atoms with E-state index in [2.05, 4.69) is 84.4 Å². The Morgan fingerprint density at radius 1 is 0.426 bits per heavy atom. The van der Waals surface area contributed by atoms with Gasteiger partial charge in [0.1, 0.15) is 54.9 Å². The first-order valence-corrected chi connectivity index (χ1v) is 32.6. The maximum absolute atomic E-state index is 14.1. The number of benzene rings is 2. The first-order valence-electron chi connectivity index (χ1n) is 32.6. The zero-order valence-electron chi connectivity index (χ0n) is 57.3. The lowest BCUT2D eigenvalue weighted by atomic mass is 10.0. The predicted molar refractivity (Wildman–Crippen MR) is 365 cm³/mol. The van der Waals surface area contributed by atoms with E-state index in [0.717, 1.165) is 0 Å². The molecule has 8 atom stereocenters. The van der Waals surface area contributed by atoms with Crippen molar-refractivity contribution in [2.24, 2.45) is 39.9 Å². The first-order chi connectivity index (χ1) is 47.8. The molecule has 0 saturated carbocycles. The minimum absolute atomic E-state index is 0.0160. The zero-order chi connectivity index (χ0) is 75.3. The third-order valence-electron chi connectivity index (χ3n) is 14.7. The number of carbonyl (C=O) groups is 15. The van der Waals surface area contributed by atoms with Crippen LogP contribution in [-0.4, -0.2) is 229 Å². The molecule has 37 heteroatoms. The molecule has 14 amide bonds. The number of para-hydroxylation sites is 1. The Balaban J connectivity index is 1.66. The molecule has 2 aromatic carbocycles. The van der Waals surface area contributed by atoms with Crippen molar-refractivity contribution in [3.8, 4) is 0 Å². The molecule has 556 valence electrons. The average Bonchev–Trinajstić information content (AvgIpc) is 1.69. The third kappa shape index (κ3) is 33.1. The van der Waals surface area contributed by atoms with E-state index in [1.807, 2.05) is 0 Å². The number of carboxylic acids is 1. The number of guanidine groups is 1. The van der Waals surface area contributed by atoms with E-state index in [4.69, 9.17) is 22.3 Å². The number of nitrogens with one attached hydrogen (secondary N) is 15. The molecule has 101 heavy (non-hydrogen) atoms. The number of aliphatic hydroxyl groups excluding tert-OH is 2. The molecule has 0 bridgehead atoms. The summed E-state index contributed by atoms with van der Waals surface area (Å²) in [6.45, 7) is 4.09. The van der Waals surface area contributed by atoms with Gasteiger partial charge in [0.15, 0.2) is 5.96 Å². The Labute approximate surface area is 582 Å². The largest absolute Gasteiger partial charge is 0.480 e. The minimum atomic E-state index is -1.73. The number of aliphatic carboxylic acids is 1. The maximum Gasteiger partial charge on any atom is 0.322 e. The molecule has 1 heterocycles. The summed E-state index contributed by atoms with van der Waals surface area (Å²) in [5.74, 6) is -14.0. The number of aliphatic imine (C=N–C) groups is 1. The van der Waals surface area contributed by atoms with Crippen molar-refractivity contribution in [2.45, 2.75) is 135 Å². The molecule has 3 aromatic rings. The van der Waals surface area contributed by atoms with Crippen LogP contribution in [0.4, 0.5) is 0 Å². The van der Waals surface area contributed by atoms with Gasteiger partial charge in [-0.15, -0.1) is 0 Å². The number of nitrogens with two attached hydrogens (primary N) is 3.